The van der Waals surface area contributed by atoms with Crippen LogP contribution in [0.15, 0.2) is 0 Å². The van der Waals surface area contributed by atoms with Crippen LogP contribution in [0.3, 0.4) is 0 Å². The van der Waals surface area contributed by atoms with Crippen molar-refractivity contribution in [3.05, 3.63) is 0 Å². The van der Waals surface area contributed by atoms with Crippen molar-refractivity contribution in [1.82, 2.24) is 10.2 Å². The zero-order valence-corrected chi connectivity index (χ0v) is 11.9. The maximum Gasteiger partial charge on any atom is 0.0224 e. The van der Waals surface area contributed by atoms with Crippen LogP contribution < -0.4 is 5.32 Å². The molecule has 0 amide bonds. The molecule has 1 saturated carbocycles. The van der Waals surface area contributed by atoms with Gasteiger partial charge in [-0.1, -0.05) is 26.7 Å². The molecule has 17 heavy (non-hydrogen) atoms. The van der Waals surface area contributed by atoms with Crippen LogP contribution in [0.4, 0.5) is 0 Å². The van der Waals surface area contributed by atoms with Gasteiger partial charge in [-0.25, -0.2) is 0 Å². The second-order valence-electron chi connectivity index (χ2n) is 5.95. The van der Waals surface area contributed by atoms with Crippen LogP contribution in [0.25, 0.3) is 0 Å². The average Bonchev–Trinajstić information content (AvgIpc) is 2.79. The molecular weight excluding hydrogens is 208 g/mol. The van der Waals surface area contributed by atoms with Gasteiger partial charge in [-0.05, 0) is 51.6 Å². The number of likely N-dealkylation sites (N-methyl/N-ethyl adjacent to an activating group) is 1. The lowest BCUT2D eigenvalue weighted by Crippen LogP contribution is -2.51. The molecule has 100 valence electrons. The monoisotopic (exact) mass is 238 g/mol. The smallest absolute Gasteiger partial charge is 0.0224 e. The first-order chi connectivity index (χ1) is 8.27. The van der Waals surface area contributed by atoms with E-state index in [0.717, 1.165) is 18.5 Å². The SMILES string of the molecule is CCNC(CC)C(C)N1CCC2CCCCC21. The van der Waals surface area contributed by atoms with Crippen molar-refractivity contribution >= 4 is 0 Å². The number of fused-ring (bicyclic) bond motifs is 1. The van der Waals surface area contributed by atoms with Crippen molar-refractivity contribution in [2.45, 2.75) is 77.4 Å². The molecule has 0 bridgehead atoms. The minimum Gasteiger partial charge on any atom is -0.313 e. The second-order valence-corrected chi connectivity index (χ2v) is 5.95. The maximum absolute atomic E-state index is 3.66. The molecule has 1 heterocycles. The van der Waals surface area contributed by atoms with Gasteiger partial charge in [0.1, 0.15) is 0 Å². The summed E-state index contributed by atoms with van der Waals surface area (Å²) in [6, 6.07) is 2.31. The summed E-state index contributed by atoms with van der Waals surface area (Å²) in [4.78, 5) is 2.82. The second kappa shape index (κ2) is 6.19. The fraction of sp³-hybridized carbons (Fsp3) is 1.00. The van der Waals surface area contributed by atoms with E-state index in [1.165, 1.54) is 45.1 Å². The van der Waals surface area contributed by atoms with Crippen LogP contribution in [0.5, 0.6) is 0 Å². The number of hydrogen-bond donors (Lipinski definition) is 1. The third kappa shape index (κ3) is 2.85. The Morgan fingerprint density at radius 2 is 1.94 bits per heavy atom. The molecule has 2 fully saturated rings. The van der Waals surface area contributed by atoms with E-state index in [0.29, 0.717) is 12.1 Å². The highest BCUT2D eigenvalue weighted by atomic mass is 15.2. The van der Waals surface area contributed by atoms with Crippen molar-refractivity contribution in [3.8, 4) is 0 Å². The Morgan fingerprint density at radius 3 is 2.65 bits per heavy atom. The lowest BCUT2D eigenvalue weighted by Gasteiger charge is -2.39. The summed E-state index contributed by atoms with van der Waals surface area (Å²) in [5.41, 5.74) is 0. The third-order valence-electron chi connectivity index (χ3n) is 5.06. The Kier molecular flexibility index (Phi) is 4.87. The molecule has 1 N–H and O–H groups in total. The topological polar surface area (TPSA) is 15.3 Å². The Morgan fingerprint density at radius 1 is 1.18 bits per heavy atom. The zero-order valence-electron chi connectivity index (χ0n) is 11.9. The van der Waals surface area contributed by atoms with Gasteiger partial charge in [0.15, 0.2) is 0 Å². The zero-order chi connectivity index (χ0) is 12.3. The predicted molar refractivity (Wildman–Crippen MR) is 74.3 cm³/mol. The minimum atomic E-state index is 0.681. The molecule has 0 aromatic rings. The van der Waals surface area contributed by atoms with Crippen molar-refractivity contribution in [3.63, 3.8) is 0 Å². The molecular formula is C15H30N2. The molecule has 2 aliphatic rings. The average molecular weight is 238 g/mol. The van der Waals surface area contributed by atoms with Crippen molar-refractivity contribution in [1.29, 1.82) is 0 Å². The number of nitrogens with one attached hydrogen (secondary N) is 1. The predicted octanol–water partition coefficient (Wildman–Crippen LogP) is 3.03. The molecule has 0 aromatic carbocycles. The van der Waals surface area contributed by atoms with Crippen LogP contribution in [0.1, 0.15) is 59.3 Å². The van der Waals surface area contributed by atoms with Gasteiger partial charge in [-0.3, -0.25) is 4.90 Å². The largest absolute Gasteiger partial charge is 0.313 e. The maximum atomic E-state index is 3.66. The fourth-order valence-electron chi connectivity index (χ4n) is 4.10. The normalized spacial score (nSPS) is 33.4. The van der Waals surface area contributed by atoms with E-state index >= 15 is 0 Å². The summed E-state index contributed by atoms with van der Waals surface area (Å²) in [5, 5.41) is 3.66. The number of nitrogens with zero attached hydrogens (tertiary/aromatic N) is 1. The van der Waals surface area contributed by atoms with E-state index < -0.39 is 0 Å². The minimum absolute atomic E-state index is 0.681. The quantitative estimate of drug-likeness (QED) is 0.792. The molecule has 2 heteroatoms. The Bertz CT molecular complexity index is 229. The highest BCUT2D eigenvalue weighted by Gasteiger charge is 2.39. The third-order valence-corrected chi connectivity index (χ3v) is 5.06. The van der Waals surface area contributed by atoms with Gasteiger partial charge in [-0.2, -0.15) is 0 Å². The van der Waals surface area contributed by atoms with Crippen LogP contribution in [-0.2, 0) is 0 Å². The molecule has 1 aliphatic carbocycles. The lowest BCUT2D eigenvalue weighted by atomic mass is 9.84. The first kappa shape index (κ1) is 13.4. The first-order valence-corrected chi connectivity index (χ1v) is 7.77. The van der Waals surface area contributed by atoms with Crippen LogP contribution in [0, 0.1) is 5.92 Å². The van der Waals surface area contributed by atoms with Gasteiger partial charge in [0.25, 0.3) is 0 Å². The van der Waals surface area contributed by atoms with Crippen molar-refractivity contribution < 1.29 is 0 Å². The van der Waals surface area contributed by atoms with Gasteiger partial charge < -0.3 is 5.32 Å². The lowest BCUT2D eigenvalue weighted by molar-refractivity contribution is 0.115. The molecule has 0 radical (unpaired) electrons. The summed E-state index contributed by atoms with van der Waals surface area (Å²) >= 11 is 0. The van der Waals surface area contributed by atoms with E-state index in [9.17, 15) is 0 Å². The number of rotatable bonds is 5. The van der Waals surface area contributed by atoms with Crippen LogP contribution >= 0.6 is 0 Å². The summed E-state index contributed by atoms with van der Waals surface area (Å²) in [6.45, 7) is 9.43. The molecule has 4 atom stereocenters. The highest BCUT2D eigenvalue weighted by Crippen LogP contribution is 2.37. The standard InChI is InChI=1S/C15H30N2/c1-4-14(16-5-2)12(3)17-11-10-13-8-6-7-9-15(13)17/h12-16H,4-11H2,1-3H3. The summed E-state index contributed by atoms with van der Waals surface area (Å²) in [6.07, 6.45) is 8.60. The van der Waals surface area contributed by atoms with Gasteiger partial charge in [-0.15, -0.1) is 0 Å². The Labute approximate surface area is 107 Å². The summed E-state index contributed by atoms with van der Waals surface area (Å²) < 4.78 is 0. The van der Waals surface area contributed by atoms with E-state index in [2.05, 4.69) is 31.0 Å². The molecule has 2 rings (SSSR count). The van der Waals surface area contributed by atoms with E-state index in [-0.39, 0.29) is 0 Å². The Balaban J connectivity index is 1.96. The fourth-order valence-corrected chi connectivity index (χ4v) is 4.10. The highest BCUT2D eigenvalue weighted by molar-refractivity contribution is 4.94. The molecule has 1 saturated heterocycles. The van der Waals surface area contributed by atoms with Crippen LogP contribution in [0.2, 0.25) is 0 Å². The number of likely N-dealkylation sites (tertiary alicyclic amines) is 1. The summed E-state index contributed by atoms with van der Waals surface area (Å²) in [5.74, 6) is 1.02. The van der Waals surface area contributed by atoms with Crippen molar-refractivity contribution in [2.24, 2.45) is 5.92 Å². The molecule has 0 aromatic heterocycles. The Hall–Kier alpha value is -0.0800. The molecule has 1 aliphatic heterocycles. The molecule has 4 unspecified atom stereocenters. The van der Waals surface area contributed by atoms with Gasteiger partial charge >= 0.3 is 0 Å². The van der Waals surface area contributed by atoms with Gasteiger partial charge in [0.05, 0.1) is 0 Å². The first-order valence-electron chi connectivity index (χ1n) is 7.77. The summed E-state index contributed by atoms with van der Waals surface area (Å²) in [7, 11) is 0. The molecule has 2 nitrogen and oxygen atoms in total. The van der Waals surface area contributed by atoms with Gasteiger partial charge in [0.2, 0.25) is 0 Å². The number of hydrogen-bond acceptors (Lipinski definition) is 2. The van der Waals surface area contributed by atoms with Gasteiger partial charge in [0, 0.05) is 18.1 Å². The van der Waals surface area contributed by atoms with Crippen LogP contribution in [-0.4, -0.2) is 36.1 Å². The molecule has 0 spiro atoms. The van der Waals surface area contributed by atoms with Crippen molar-refractivity contribution in [2.75, 3.05) is 13.1 Å². The van der Waals surface area contributed by atoms with E-state index in [4.69, 9.17) is 0 Å². The van der Waals surface area contributed by atoms with E-state index in [1.807, 2.05) is 0 Å². The van der Waals surface area contributed by atoms with E-state index in [1.54, 1.807) is 0 Å².